The highest BCUT2D eigenvalue weighted by Crippen LogP contribution is 2.19. The molecule has 4 nitrogen and oxygen atoms in total. The number of hydrogen-bond donors (Lipinski definition) is 1. The van der Waals surface area contributed by atoms with Gasteiger partial charge in [0.15, 0.2) is 4.67 Å². The smallest absolute Gasteiger partial charge is 0.255 e. The molecule has 0 atom stereocenters. The van der Waals surface area contributed by atoms with E-state index in [1.807, 2.05) is 0 Å². The van der Waals surface area contributed by atoms with Gasteiger partial charge < -0.3 is 14.6 Å². The van der Waals surface area contributed by atoms with E-state index in [2.05, 4.69) is 33.2 Å². The lowest BCUT2D eigenvalue weighted by atomic mass is 9.94. The summed E-state index contributed by atoms with van der Waals surface area (Å²) in [6.45, 7) is 3.09. The van der Waals surface area contributed by atoms with Crippen molar-refractivity contribution in [1.29, 1.82) is 0 Å². The highest BCUT2D eigenvalue weighted by atomic mass is 79.9. The molecule has 0 bridgehead atoms. The van der Waals surface area contributed by atoms with Crippen LogP contribution in [0, 0.1) is 5.92 Å². The molecule has 1 aromatic rings. The maximum atomic E-state index is 11.8. The molecule has 0 saturated carbocycles. The van der Waals surface area contributed by atoms with E-state index >= 15 is 0 Å². The number of hydrogen-bond acceptors (Lipinski definition) is 3. The summed E-state index contributed by atoms with van der Waals surface area (Å²) in [5.41, 5.74) is 0.568. The van der Waals surface area contributed by atoms with E-state index in [1.54, 1.807) is 6.07 Å². The molecule has 0 unspecified atom stereocenters. The van der Waals surface area contributed by atoms with Crippen LogP contribution < -0.4 is 5.32 Å². The fraction of sp³-hybridized carbons (Fsp3) is 0.615. The van der Waals surface area contributed by atoms with Crippen LogP contribution in [0.1, 0.15) is 29.6 Å². The molecule has 0 aliphatic carbocycles. The molecule has 5 heteroatoms. The standard InChI is InChI=1S/C13H19BrN2O2/c1-16-7-3-10(4-8-16)2-6-15-13(17)11-5-9-18-12(11)14/h5,9-10H,2-4,6-8H2,1H3,(H,15,17). The molecule has 0 radical (unpaired) electrons. The molecular weight excluding hydrogens is 296 g/mol. The van der Waals surface area contributed by atoms with Crippen LogP contribution in [0.5, 0.6) is 0 Å². The Morgan fingerprint density at radius 2 is 2.28 bits per heavy atom. The molecular formula is C13H19BrN2O2. The molecule has 0 spiro atoms. The van der Waals surface area contributed by atoms with Gasteiger partial charge in [0.25, 0.3) is 5.91 Å². The van der Waals surface area contributed by atoms with Crippen molar-refractivity contribution in [3.05, 3.63) is 22.6 Å². The lowest BCUT2D eigenvalue weighted by molar-refractivity contribution is 0.0947. The minimum Gasteiger partial charge on any atom is -0.457 e. The van der Waals surface area contributed by atoms with Crippen molar-refractivity contribution < 1.29 is 9.21 Å². The Morgan fingerprint density at radius 1 is 1.56 bits per heavy atom. The monoisotopic (exact) mass is 314 g/mol. The van der Waals surface area contributed by atoms with Crippen LogP contribution in [-0.2, 0) is 0 Å². The molecule has 100 valence electrons. The van der Waals surface area contributed by atoms with Gasteiger partial charge in [-0.05, 0) is 67.3 Å². The van der Waals surface area contributed by atoms with Crippen LogP contribution in [0.3, 0.4) is 0 Å². The van der Waals surface area contributed by atoms with Gasteiger partial charge in [-0.3, -0.25) is 4.79 Å². The van der Waals surface area contributed by atoms with Crippen molar-refractivity contribution in [2.24, 2.45) is 5.92 Å². The Bertz CT molecular complexity index is 397. The van der Waals surface area contributed by atoms with E-state index in [1.165, 1.54) is 32.2 Å². The van der Waals surface area contributed by atoms with Gasteiger partial charge >= 0.3 is 0 Å². The fourth-order valence-electron chi connectivity index (χ4n) is 2.29. The molecule has 1 aliphatic rings. The van der Waals surface area contributed by atoms with Gasteiger partial charge in [-0.25, -0.2) is 0 Å². The zero-order valence-electron chi connectivity index (χ0n) is 10.6. The number of rotatable bonds is 4. The highest BCUT2D eigenvalue weighted by Gasteiger charge is 2.17. The van der Waals surface area contributed by atoms with Gasteiger partial charge in [-0.2, -0.15) is 0 Å². The first-order chi connectivity index (χ1) is 8.66. The Kier molecular flexibility index (Phi) is 4.83. The largest absolute Gasteiger partial charge is 0.457 e. The van der Waals surface area contributed by atoms with Crippen LogP contribution in [0.15, 0.2) is 21.4 Å². The van der Waals surface area contributed by atoms with Crippen LogP contribution >= 0.6 is 15.9 Å². The molecule has 1 N–H and O–H groups in total. The summed E-state index contributed by atoms with van der Waals surface area (Å²) < 4.78 is 5.54. The summed E-state index contributed by atoms with van der Waals surface area (Å²) in [5.74, 6) is 0.679. The summed E-state index contributed by atoms with van der Waals surface area (Å²) in [6.07, 6.45) is 5.05. The van der Waals surface area contributed by atoms with Crippen LogP contribution in [-0.4, -0.2) is 37.5 Å². The van der Waals surface area contributed by atoms with E-state index < -0.39 is 0 Å². The fourth-order valence-corrected chi connectivity index (χ4v) is 2.71. The Hall–Kier alpha value is -0.810. The lowest BCUT2D eigenvalue weighted by Gasteiger charge is -2.28. The maximum absolute atomic E-state index is 11.8. The van der Waals surface area contributed by atoms with Gasteiger partial charge in [0, 0.05) is 6.54 Å². The second-order valence-electron chi connectivity index (χ2n) is 4.90. The predicted octanol–water partition coefficient (Wildman–Crippen LogP) is 2.50. The Morgan fingerprint density at radius 3 is 2.89 bits per heavy atom. The Labute approximate surface area is 116 Å². The number of amides is 1. The maximum Gasteiger partial charge on any atom is 0.255 e. The molecule has 1 saturated heterocycles. The number of furan rings is 1. The van der Waals surface area contributed by atoms with E-state index in [0.29, 0.717) is 10.2 Å². The molecule has 1 amide bonds. The second-order valence-corrected chi connectivity index (χ2v) is 5.62. The van der Waals surface area contributed by atoms with Crippen molar-refractivity contribution in [3.8, 4) is 0 Å². The first-order valence-corrected chi connectivity index (χ1v) is 7.16. The van der Waals surface area contributed by atoms with Crippen LogP contribution in [0.2, 0.25) is 0 Å². The average Bonchev–Trinajstić information content (AvgIpc) is 2.78. The van der Waals surface area contributed by atoms with E-state index in [-0.39, 0.29) is 5.91 Å². The quantitative estimate of drug-likeness (QED) is 0.928. The summed E-state index contributed by atoms with van der Waals surface area (Å²) in [6, 6.07) is 1.68. The van der Waals surface area contributed by atoms with Crippen molar-refractivity contribution in [1.82, 2.24) is 10.2 Å². The summed E-state index contributed by atoms with van der Waals surface area (Å²) >= 11 is 3.21. The molecule has 1 aromatic heterocycles. The van der Waals surface area contributed by atoms with Gasteiger partial charge in [0.05, 0.1) is 11.8 Å². The summed E-state index contributed by atoms with van der Waals surface area (Å²) in [5, 5.41) is 2.94. The van der Waals surface area contributed by atoms with Gasteiger partial charge in [-0.1, -0.05) is 0 Å². The van der Waals surface area contributed by atoms with E-state index in [4.69, 9.17) is 4.42 Å². The van der Waals surface area contributed by atoms with Gasteiger partial charge in [0.1, 0.15) is 0 Å². The third-order valence-electron chi connectivity index (χ3n) is 3.54. The minimum absolute atomic E-state index is 0.0662. The number of nitrogens with zero attached hydrogens (tertiary/aromatic N) is 1. The van der Waals surface area contributed by atoms with Crippen molar-refractivity contribution >= 4 is 21.8 Å². The van der Waals surface area contributed by atoms with Crippen LogP contribution in [0.25, 0.3) is 0 Å². The molecule has 2 heterocycles. The third-order valence-corrected chi connectivity index (χ3v) is 4.15. The lowest BCUT2D eigenvalue weighted by Crippen LogP contribution is -2.32. The number of halogens is 1. The Balaban J connectivity index is 1.69. The minimum atomic E-state index is -0.0662. The van der Waals surface area contributed by atoms with Crippen molar-refractivity contribution in [3.63, 3.8) is 0 Å². The van der Waals surface area contributed by atoms with Gasteiger partial charge in [-0.15, -0.1) is 0 Å². The van der Waals surface area contributed by atoms with Gasteiger partial charge in [0.2, 0.25) is 0 Å². The number of likely N-dealkylation sites (tertiary alicyclic amines) is 1. The van der Waals surface area contributed by atoms with Crippen molar-refractivity contribution in [2.45, 2.75) is 19.3 Å². The number of nitrogens with one attached hydrogen (secondary N) is 1. The van der Waals surface area contributed by atoms with E-state index in [9.17, 15) is 4.79 Å². The number of piperidine rings is 1. The molecule has 1 fully saturated rings. The van der Waals surface area contributed by atoms with Crippen LogP contribution in [0.4, 0.5) is 0 Å². The third kappa shape index (κ3) is 3.59. The number of carbonyl (C=O) groups is 1. The topological polar surface area (TPSA) is 45.5 Å². The SMILES string of the molecule is CN1CCC(CCNC(=O)c2ccoc2Br)CC1. The first-order valence-electron chi connectivity index (χ1n) is 6.36. The van der Waals surface area contributed by atoms with Crippen molar-refractivity contribution in [2.75, 3.05) is 26.7 Å². The molecule has 2 rings (SSSR count). The average molecular weight is 315 g/mol. The summed E-state index contributed by atoms with van der Waals surface area (Å²) in [4.78, 5) is 14.2. The second kappa shape index (κ2) is 6.38. The van der Waals surface area contributed by atoms with E-state index in [0.717, 1.165) is 18.9 Å². The summed E-state index contributed by atoms with van der Waals surface area (Å²) in [7, 11) is 2.16. The molecule has 0 aromatic carbocycles. The molecule has 1 aliphatic heterocycles. The zero-order chi connectivity index (χ0) is 13.0. The number of carbonyl (C=O) groups excluding carboxylic acids is 1. The normalized spacial score (nSPS) is 17.9. The first kappa shape index (κ1) is 13.6. The predicted molar refractivity (Wildman–Crippen MR) is 73.6 cm³/mol. The highest BCUT2D eigenvalue weighted by molar-refractivity contribution is 9.10. The zero-order valence-corrected chi connectivity index (χ0v) is 12.2. The molecule has 18 heavy (non-hydrogen) atoms.